The quantitative estimate of drug-likeness (QED) is 0.288. The summed E-state index contributed by atoms with van der Waals surface area (Å²) in [6.45, 7) is 2.12. The Morgan fingerprint density at radius 3 is 2.29 bits per heavy atom. The molecule has 31 heavy (non-hydrogen) atoms. The molecule has 0 aliphatic rings. The second kappa shape index (κ2) is 11.6. The number of thiocarbonyl (C=S) groups is 1. The third-order valence-corrected chi connectivity index (χ3v) is 6.19. The van der Waals surface area contributed by atoms with Gasteiger partial charge in [-0.1, -0.05) is 43.3 Å². The highest BCUT2D eigenvalue weighted by atomic mass is 32.2. The SMILES string of the molecule is CCC(NC(=S)Nc1ccc(CSc2ccccc2)cc1)c1ccc(OC)c(OC)c1. The standard InChI is InChI=1S/C25H28N2O2S2/c1-4-22(19-12-15-23(28-2)24(16-19)29-3)27-25(30)26-20-13-10-18(11-14-20)17-31-21-8-6-5-7-9-21/h5-16,22H,4,17H2,1-3H3,(H2,26,27,30). The number of thioether (sulfide) groups is 1. The molecule has 1 unspecified atom stereocenters. The Balaban J connectivity index is 1.56. The Kier molecular flexibility index (Phi) is 8.62. The zero-order valence-corrected chi connectivity index (χ0v) is 19.7. The van der Waals surface area contributed by atoms with E-state index in [1.807, 2.05) is 36.0 Å². The maximum Gasteiger partial charge on any atom is 0.171 e. The Bertz CT molecular complexity index is 979. The summed E-state index contributed by atoms with van der Waals surface area (Å²) in [6, 6.07) is 24.8. The van der Waals surface area contributed by atoms with E-state index in [9.17, 15) is 0 Å². The van der Waals surface area contributed by atoms with E-state index in [0.717, 1.165) is 23.4 Å². The molecule has 0 saturated heterocycles. The van der Waals surface area contributed by atoms with Gasteiger partial charge in [0, 0.05) is 16.3 Å². The number of ether oxygens (including phenoxy) is 2. The number of anilines is 1. The molecule has 0 spiro atoms. The minimum Gasteiger partial charge on any atom is -0.493 e. The van der Waals surface area contributed by atoms with Gasteiger partial charge in [0.15, 0.2) is 16.6 Å². The van der Waals surface area contributed by atoms with Crippen LogP contribution < -0.4 is 20.1 Å². The lowest BCUT2D eigenvalue weighted by atomic mass is 10.0. The first kappa shape index (κ1) is 23.0. The molecule has 0 amide bonds. The molecule has 4 nitrogen and oxygen atoms in total. The number of rotatable bonds is 9. The normalized spacial score (nSPS) is 11.5. The molecule has 0 aliphatic heterocycles. The van der Waals surface area contributed by atoms with Crippen molar-refractivity contribution in [1.82, 2.24) is 5.32 Å². The summed E-state index contributed by atoms with van der Waals surface area (Å²) in [5, 5.41) is 7.28. The molecular formula is C25H28N2O2S2. The molecule has 3 aromatic rings. The molecule has 0 fully saturated rings. The zero-order chi connectivity index (χ0) is 22.1. The van der Waals surface area contributed by atoms with Crippen LogP contribution in [0.15, 0.2) is 77.7 Å². The molecule has 6 heteroatoms. The third-order valence-electron chi connectivity index (χ3n) is 4.88. The van der Waals surface area contributed by atoms with Crippen LogP contribution in [-0.2, 0) is 5.75 Å². The predicted molar refractivity (Wildman–Crippen MR) is 134 cm³/mol. The maximum absolute atomic E-state index is 5.55. The fourth-order valence-corrected chi connectivity index (χ4v) is 4.32. The van der Waals surface area contributed by atoms with Crippen molar-refractivity contribution in [2.45, 2.75) is 30.0 Å². The van der Waals surface area contributed by atoms with Crippen molar-refractivity contribution < 1.29 is 9.47 Å². The molecule has 0 heterocycles. The van der Waals surface area contributed by atoms with Crippen LogP contribution >= 0.6 is 24.0 Å². The number of methoxy groups -OCH3 is 2. The van der Waals surface area contributed by atoms with E-state index in [4.69, 9.17) is 21.7 Å². The Morgan fingerprint density at radius 2 is 1.65 bits per heavy atom. The van der Waals surface area contributed by atoms with Crippen molar-refractivity contribution in [2.75, 3.05) is 19.5 Å². The summed E-state index contributed by atoms with van der Waals surface area (Å²) in [5.41, 5.74) is 3.33. The van der Waals surface area contributed by atoms with Gasteiger partial charge < -0.3 is 20.1 Å². The average Bonchev–Trinajstić information content (AvgIpc) is 2.82. The fourth-order valence-electron chi connectivity index (χ4n) is 3.18. The van der Waals surface area contributed by atoms with Crippen LogP contribution in [0.1, 0.15) is 30.5 Å². The minimum atomic E-state index is 0.0707. The lowest BCUT2D eigenvalue weighted by molar-refractivity contribution is 0.354. The first-order chi connectivity index (χ1) is 15.1. The molecule has 0 aromatic heterocycles. The predicted octanol–water partition coefficient (Wildman–Crippen LogP) is 6.43. The van der Waals surface area contributed by atoms with Gasteiger partial charge in [-0.25, -0.2) is 0 Å². The first-order valence-electron chi connectivity index (χ1n) is 10.2. The molecule has 0 radical (unpaired) electrons. The van der Waals surface area contributed by atoms with Gasteiger partial charge >= 0.3 is 0 Å². The molecule has 3 rings (SSSR count). The molecule has 2 N–H and O–H groups in total. The Morgan fingerprint density at radius 1 is 0.935 bits per heavy atom. The number of benzene rings is 3. The van der Waals surface area contributed by atoms with Gasteiger partial charge in [-0.2, -0.15) is 0 Å². The van der Waals surface area contributed by atoms with E-state index in [0.29, 0.717) is 16.6 Å². The van der Waals surface area contributed by atoms with Gasteiger partial charge in [-0.05, 0) is 66.2 Å². The van der Waals surface area contributed by atoms with Crippen molar-refractivity contribution in [3.63, 3.8) is 0 Å². The molecule has 3 aromatic carbocycles. The van der Waals surface area contributed by atoms with Crippen LogP contribution in [0.25, 0.3) is 0 Å². The van der Waals surface area contributed by atoms with Crippen molar-refractivity contribution in [3.05, 3.63) is 83.9 Å². The van der Waals surface area contributed by atoms with Crippen molar-refractivity contribution in [1.29, 1.82) is 0 Å². The van der Waals surface area contributed by atoms with Gasteiger partial charge in [0.25, 0.3) is 0 Å². The summed E-state index contributed by atoms with van der Waals surface area (Å²) in [6.07, 6.45) is 0.882. The molecule has 0 bridgehead atoms. The number of hydrogen-bond acceptors (Lipinski definition) is 4. The van der Waals surface area contributed by atoms with Crippen LogP contribution in [-0.4, -0.2) is 19.3 Å². The van der Waals surface area contributed by atoms with Gasteiger partial charge in [-0.15, -0.1) is 11.8 Å². The highest BCUT2D eigenvalue weighted by Gasteiger charge is 2.14. The average molecular weight is 453 g/mol. The molecule has 1 atom stereocenters. The highest BCUT2D eigenvalue weighted by Crippen LogP contribution is 2.31. The fraction of sp³-hybridized carbons (Fsp3) is 0.240. The third kappa shape index (κ3) is 6.64. The van der Waals surface area contributed by atoms with Gasteiger partial charge in [0.2, 0.25) is 0 Å². The summed E-state index contributed by atoms with van der Waals surface area (Å²) in [4.78, 5) is 1.27. The first-order valence-corrected chi connectivity index (χ1v) is 11.6. The molecule has 0 saturated carbocycles. The maximum atomic E-state index is 5.55. The Labute approximate surface area is 194 Å². The van der Waals surface area contributed by atoms with Crippen molar-refractivity contribution in [3.8, 4) is 11.5 Å². The van der Waals surface area contributed by atoms with E-state index in [1.165, 1.54) is 10.5 Å². The van der Waals surface area contributed by atoms with Crippen LogP contribution in [0.2, 0.25) is 0 Å². The minimum absolute atomic E-state index is 0.0707. The van der Waals surface area contributed by atoms with Crippen LogP contribution in [0, 0.1) is 0 Å². The summed E-state index contributed by atoms with van der Waals surface area (Å²) in [7, 11) is 3.28. The van der Waals surface area contributed by atoms with Gasteiger partial charge in [0.05, 0.1) is 20.3 Å². The summed E-state index contributed by atoms with van der Waals surface area (Å²) in [5.74, 6) is 2.36. The lowest BCUT2D eigenvalue weighted by Gasteiger charge is -2.21. The highest BCUT2D eigenvalue weighted by molar-refractivity contribution is 7.98. The topological polar surface area (TPSA) is 42.5 Å². The van der Waals surface area contributed by atoms with Gasteiger partial charge in [-0.3, -0.25) is 0 Å². The van der Waals surface area contributed by atoms with Crippen LogP contribution in [0.5, 0.6) is 11.5 Å². The van der Waals surface area contributed by atoms with Crippen LogP contribution in [0.4, 0.5) is 5.69 Å². The van der Waals surface area contributed by atoms with Crippen LogP contribution in [0.3, 0.4) is 0 Å². The van der Waals surface area contributed by atoms with E-state index in [1.54, 1.807) is 14.2 Å². The second-order valence-corrected chi connectivity index (χ2v) is 8.43. The zero-order valence-electron chi connectivity index (χ0n) is 18.1. The lowest BCUT2D eigenvalue weighted by Crippen LogP contribution is -2.32. The molecular weight excluding hydrogens is 424 g/mol. The number of hydrogen-bond donors (Lipinski definition) is 2. The largest absolute Gasteiger partial charge is 0.493 e. The van der Waals surface area contributed by atoms with Crippen molar-refractivity contribution >= 4 is 34.8 Å². The molecule has 162 valence electrons. The smallest absolute Gasteiger partial charge is 0.171 e. The van der Waals surface area contributed by atoms with Gasteiger partial charge in [0.1, 0.15) is 0 Å². The van der Waals surface area contributed by atoms with E-state index in [2.05, 4.69) is 66.1 Å². The van der Waals surface area contributed by atoms with E-state index >= 15 is 0 Å². The monoisotopic (exact) mass is 452 g/mol. The van der Waals surface area contributed by atoms with E-state index in [-0.39, 0.29) is 6.04 Å². The summed E-state index contributed by atoms with van der Waals surface area (Å²) < 4.78 is 10.8. The second-order valence-electron chi connectivity index (χ2n) is 6.97. The van der Waals surface area contributed by atoms with Crippen molar-refractivity contribution in [2.24, 2.45) is 0 Å². The Hall–Kier alpha value is -2.70. The summed E-state index contributed by atoms with van der Waals surface area (Å²) >= 11 is 7.38. The number of nitrogens with one attached hydrogen (secondary N) is 2. The van der Waals surface area contributed by atoms with E-state index < -0.39 is 0 Å². The molecule has 0 aliphatic carbocycles.